The van der Waals surface area contributed by atoms with Crippen LogP contribution in [0.4, 0.5) is 0 Å². The number of carboxylic acid groups (broad SMARTS) is 1. The Bertz CT molecular complexity index is 917. The molecule has 2 aromatic rings. The van der Waals surface area contributed by atoms with E-state index >= 15 is 0 Å². The van der Waals surface area contributed by atoms with Crippen molar-refractivity contribution in [2.24, 2.45) is 0 Å². The number of benzene rings is 1. The smallest absolute Gasteiger partial charge is 0.371 e. The molecule has 20 heavy (non-hydrogen) atoms. The standard InChI is InChI=1S/C11H10O7S2/c1-19(14,15)6-3-8-7(5-9(18-8)11(12)13)10(4-6)20(2,16)17/h3-5H,1-2H3,(H,12,13). The van der Waals surface area contributed by atoms with Crippen molar-refractivity contribution in [3.8, 4) is 0 Å². The van der Waals surface area contributed by atoms with Crippen LogP contribution < -0.4 is 0 Å². The summed E-state index contributed by atoms with van der Waals surface area (Å²) in [6.07, 6.45) is 1.82. The fourth-order valence-electron chi connectivity index (χ4n) is 1.71. The van der Waals surface area contributed by atoms with Crippen LogP contribution >= 0.6 is 0 Å². The molecule has 0 saturated carbocycles. The quantitative estimate of drug-likeness (QED) is 0.894. The van der Waals surface area contributed by atoms with Crippen LogP contribution in [-0.4, -0.2) is 40.4 Å². The van der Waals surface area contributed by atoms with Gasteiger partial charge in [-0.3, -0.25) is 0 Å². The molecule has 1 N–H and O–H groups in total. The Balaban J connectivity index is 2.97. The van der Waals surface area contributed by atoms with Crippen molar-refractivity contribution in [2.45, 2.75) is 9.79 Å². The third-order valence-corrected chi connectivity index (χ3v) is 4.84. The molecule has 9 heteroatoms. The molecule has 2 rings (SSSR count). The fourth-order valence-corrected chi connectivity index (χ4v) is 3.34. The molecule has 0 aliphatic heterocycles. The van der Waals surface area contributed by atoms with Crippen molar-refractivity contribution in [3.05, 3.63) is 24.0 Å². The van der Waals surface area contributed by atoms with E-state index in [1.54, 1.807) is 0 Å². The average molecular weight is 318 g/mol. The lowest BCUT2D eigenvalue weighted by molar-refractivity contribution is 0.0665. The summed E-state index contributed by atoms with van der Waals surface area (Å²) < 4.78 is 51.5. The minimum absolute atomic E-state index is 0.0392. The van der Waals surface area contributed by atoms with E-state index in [0.29, 0.717) is 0 Å². The van der Waals surface area contributed by atoms with Crippen molar-refractivity contribution < 1.29 is 31.2 Å². The third kappa shape index (κ3) is 2.54. The van der Waals surface area contributed by atoms with Crippen LogP contribution in [-0.2, 0) is 19.7 Å². The molecule has 108 valence electrons. The summed E-state index contributed by atoms with van der Waals surface area (Å²) >= 11 is 0. The number of rotatable bonds is 3. The van der Waals surface area contributed by atoms with Gasteiger partial charge in [0.25, 0.3) is 0 Å². The summed E-state index contributed by atoms with van der Waals surface area (Å²) in [5.74, 6) is -1.84. The molecule has 0 unspecified atom stereocenters. The Labute approximate surface area is 114 Å². The summed E-state index contributed by atoms with van der Waals surface area (Å²) in [6, 6.07) is 3.15. The fraction of sp³-hybridized carbons (Fsp3) is 0.182. The molecule has 0 spiro atoms. The van der Waals surface area contributed by atoms with Crippen LogP contribution in [0, 0.1) is 0 Å². The average Bonchev–Trinajstić information content (AvgIpc) is 2.68. The molecule has 0 aliphatic carbocycles. The highest BCUT2D eigenvalue weighted by Crippen LogP contribution is 2.30. The topological polar surface area (TPSA) is 119 Å². The summed E-state index contributed by atoms with van der Waals surface area (Å²) in [6.45, 7) is 0. The maximum atomic E-state index is 11.7. The maximum Gasteiger partial charge on any atom is 0.371 e. The van der Waals surface area contributed by atoms with Crippen molar-refractivity contribution in [1.29, 1.82) is 0 Å². The summed E-state index contributed by atoms with van der Waals surface area (Å²) in [4.78, 5) is 10.3. The number of hydrogen-bond donors (Lipinski definition) is 1. The molecule has 1 aromatic heterocycles. The van der Waals surface area contributed by atoms with Gasteiger partial charge in [-0.2, -0.15) is 0 Å². The van der Waals surface area contributed by atoms with E-state index in [9.17, 15) is 21.6 Å². The van der Waals surface area contributed by atoms with Crippen molar-refractivity contribution in [1.82, 2.24) is 0 Å². The Morgan fingerprint density at radius 2 is 1.65 bits per heavy atom. The lowest BCUT2D eigenvalue weighted by atomic mass is 10.2. The minimum Gasteiger partial charge on any atom is -0.475 e. The molecule has 1 aromatic carbocycles. The molecule has 0 bridgehead atoms. The van der Waals surface area contributed by atoms with E-state index in [1.165, 1.54) is 0 Å². The molecule has 7 nitrogen and oxygen atoms in total. The molecular weight excluding hydrogens is 308 g/mol. The first-order valence-corrected chi connectivity index (χ1v) is 8.99. The lowest BCUT2D eigenvalue weighted by Gasteiger charge is -2.03. The zero-order valence-electron chi connectivity index (χ0n) is 10.4. The van der Waals surface area contributed by atoms with Gasteiger partial charge in [-0.05, 0) is 6.07 Å². The van der Waals surface area contributed by atoms with Gasteiger partial charge in [-0.25, -0.2) is 21.6 Å². The van der Waals surface area contributed by atoms with Crippen molar-refractivity contribution >= 4 is 36.6 Å². The van der Waals surface area contributed by atoms with Gasteiger partial charge in [0, 0.05) is 30.0 Å². The van der Waals surface area contributed by atoms with Gasteiger partial charge in [0.15, 0.2) is 19.7 Å². The summed E-state index contributed by atoms with van der Waals surface area (Å²) in [5.41, 5.74) is -0.106. The Hall–Kier alpha value is -1.87. The first-order chi connectivity index (χ1) is 9.00. The van der Waals surface area contributed by atoms with Crippen LogP contribution in [0.5, 0.6) is 0 Å². The lowest BCUT2D eigenvalue weighted by Crippen LogP contribution is -2.02. The van der Waals surface area contributed by atoms with Crippen LogP contribution in [0.3, 0.4) is 0 Å². The van der Waals surface area contributed by atoms with Crippen LogP contribution in [0.2, 0.25) is 0 Å². The number of furan rings is 1. The number of sulfone groups is 2. The normalized spacial score (nSPS) is 12.7. The molecule has 0 amide bonds. The molecule has 1 heterocycles. The number of carboxylic acids is 1. The van der Waals surface area contributed by atoms with Gasteiger partial charge in [0.1, 0.15) is 5.58 Å². The predicted octanol–water partition coefficient (Wildman–Crippen LogP) is 0.938. The number of aromatic carboxylic acids is 1. The van der Waals surface area contributed by atoms with E-state index < -0.39 is 31.4 Å². The Kier molecular flexibility index (Phi) is 3.14. The minimum atomic E-state index is -3.74. The van der Waals surface area contributed by atoms with Crippen LogP contribution in [0.1, 0.15) is 10.6 Å². The van der Waals surface area contributed by atoms with Crippen LogP contribution in [0.25, 0.3) is 11.0 Å². The molecular formula is C11H10O7S2. The maximum absolute atomic E-state index is 11.7. The Morgan fingerprint density at radius 1 is 1.05 bits per heavy atom. The molecule has 0 aliphatic rings. The SMILES string of the molecule is CS(=O)(=O)c1cc(S(C)(=O)=O)c2cc(C(=O)O)oc2c1. The van der Waals surface area contributed by atoms with E-state index in [2.05, 4.69) is 0 Å². The largest absolute Gasteiger partial charge is 0.475 e. The zero-order valence-corrected chi connectivity index (χ0v) is 12.1. The van der Waals surface area contributed by atoms with Gasteiger partial charge in [-0.15, -0.1) is 0 Å². The number of carbonyl (C=O) groups is 1. The van der Waals surface area contributed by atoms with Gasteiger partial charge >= 0.3 is 5.97 Å². The Morgan fingerprint density at radius 3 is 2.10 bits per heavy atom. The first-order valence-electron chi connectivity index (χ1n) is 5.21. The second kappa shape index (κ2) is 4.32. The predicted molar refractivity (Wildman–Crippen MR) is 69.4 cm³/mol. The molecule has 0 saturated heterocycles. The van der Waals surface area contributed by atoms with Crippen molar-refractivity contribution in [2.75, 3.05) is 12.5 Å². The van der Waals surface area contributed by atoms with Crippen molar-refractivity contribution in [3.63, 3.8) is 0 Å². The summed E-state index contributed by atoms with van der Waals surface area (Å²) in [7, 11) is -7.40. The summed E-state index contributed by atoms with van der Waals surface area (Å²) in [5, 5.41) is 8.89. The third-order valence-electron chi connectivity index (χ3n) is 2.61. The highest BCUT2D eigenvalue weighted by atomic mass is 32.2. The number of hydrogen-bond acceptors (Lipinski definition) is 6. The number of fused-ring (bicyclic) bond motifs is 1. The highest BCUT2D eigenvalue weighted by Gasteiger charge is 2.22. The van der Waals surface area contributed by atoms with Crippen LogP contribution in [0.15, 0.2) is 32.4 Å². The van der Waals surface area contributed by atoms with E-state index in [4.69, 9.17) is 9.52 Å². The van der Waals surface area contributed by atoms with E-state index in [-0.39, 0.29) is 20.8 Å². The van der Waals surface area contributed by atoms with Gasteiger partial charge in [0.05, 0.1) is 9.79 Å². The second-order valence-corrected chi connectivity index (χ2v) is 8.29. The molecule has 0 radical (unpaired) electrons. The zero-order chi connectivity index (χ0) is 15.3. The van der Waals surface area contributed by atoms with E-state index in [0.717, 1.165) is 30.7 Å². The highest BCUT2D eigenvalue weighted by molar-refractivity contribution is 7.91. The molecule has 0 fully saturated rings. The van der Waals surface area contributed by atoms with Gasteiger partial charge in [-0.1, -0.05) is 0 Å². The monoisotopic (exact) mass is 318 g/mol. The van der Waals surface area contributed by atoms with E-state index in [1.807, 2.05) is 0 Å². The van der Waals surface area contributed by atoms with Gasteiger partial charge < -0.3 is 9.52 Å². The first kappa shape index (κ1) is 14.5. The van der Waals surface area contributed by atoms with Gasteiger partial charge in [0.2, 0.25) is 5.76 Å². The second-order valence-electron chi connectivity index (χ2n) is 4.29. The molecule has 0 atom stereocenters.